The van der Waals surface area contributed by atoms with Gasteiger partial charge < -0.3 is 19.2 Å². The number of nitrogens with one attached hydrogen (secondary N) is 1. The van der Waals surface area contributed by atoms with E-state index in [1.54, 1.807) is 48.5 Å². The van der Waals surface area contributed by atoms with E-state index in [2.05, 4.69) is 5.32 Å². The summed E-state index contributed by atoms with van der Waals surface area (Å²) < 4.78 is 15.7. The maximum atomic E-state index is 12.5. The molecular weight excluding hydrogens is 386 g/mol. The predicted molar refractivity (Wildman–Crippen MR) is 110 cm³/mol. The Balaban J connectivity index is 1.58. The van der Waals surface area contributed by atoms with Crippen molar-refractivity contribution in [2.75, 3.05) is 11.9 Å². The molecule has 2 aromatic carbocycles. The van der Waals surface area contributed by atoms with E-state index in [-0.39, 0.29) is 17.1 Å². The number of Topliss-reactive ketones (excluding diaryl/α,β-unsaturated/α-hetero) is 1. The molecule has 1 amide bonds. The lowest BCUT2D eigenvalue weighted by Crippen LogP contribution is -2.24. The second kappa shape index (κ2) is 9.56. The minimum absolute atomic E-state index is 0.181. The fourth-order valence-corrected chi connectivity index (χ4v) is 2.69. The zero-order valence-electron chi connectivity index (χ0n) is 16.6. The minimum atomic E-state index is -0.950. The van der Waals surface area contributed by atoms with Crippen LogP contribution in [-0.4, -0.2) is 30.4 Å². The lowest BCUT2D eigenvalue weighted by Gasteiger charge is -2.13. The molecule has 0 fully saturated rings. The van der Waals surface area contributed by atoms with Crippen LogP contribution < -0.4 is 10.1 Å². The summed E-state index contributed by atoms with van der Waals surface area (Å²) in [5.74, 6) is -0.498. The highest BCUT2D eigenvalue weighted by Gasteiger charge is 2.20. The van der Waals surface area contributed by atoms with E-state index < -0.39 is 18.0 Å². The van der Waals surface area contributed by atoms with Crippen LogP contribution in [0.1, 0.15) is 45.1 Å². The average molecular weight is 407 g/mol. The summed E-state index contributed by atoms with van der Waals surface area (Å²) in [4.78, 5) is 36.8. The van der Waals surface area contributed by atoms with Crippen LogP contribution in [0.4, 0.5) is 5.69 Å². The van der Waals surface area contributed by atoms with Gasteiger partial charge in [0.25, 0.3) is 5.91 Å². The Hall–Kier alpha value is -3.87. The Bertz CT molecular complexity index is 1010. The molecule has 0 saturated heterocycles. The summed E-state index contributed by atoms with van der Waals surface area (Å²) >= 11 is 0. The number of carbonyl (C=O) groups is 3. The number of benzene rings is 2. The second-order valence-electron chi connectivity index (χ2n) is 6.38. The van der Waals surface area contributed by atoms with Crippen LogP contribution in [0.5, 0.6) is 5.75 Å². The van der Waals surface area contributed by atoms with Crippen LogP contribution in [0.25, 0.3) is 0 Å². The monoisotopic (exact) mass is 407 g/mol. The van der Waals surface area contributed by atoms with Gasteiger partial charge in [-0.3, -0.25) is 9.59 Å². The van der Waals surface area contributed by atoms with Crippen LogP contribution in [0.3, 0.4) is 0 Å². The zero-order valence-corrected chi connectivity index (χ0v) is 16.6. The van der Waals surface area contributed by atoms with Crippen LogP contribution in [0, 0.1) is 0 Å². The normalized spacial score (nSPS) is 11.4. The number of ether oxygens (including phenoxy) is 2. The van der Waals surface area contributed by atoms with Crippen molar-refractivity contribution in [3.63, 3.8) is 0 Å². The van der Waals surface area contributed by atoms with Gasteiger partial charge in [-0.1, -0.05) is 0 Å². The number of furan rings is 1. The highest BCUT2D eigenvalue weighted by molar-refractivity contribution is 6.03. The fraction of sp³-hybridized carbons (Fsp3) is 0.174. The fourth-order valence-electron chi connectivity index (χ4n) is 2.69. The van der Waals surface area contributed by atoms with E-state index in [0.717, 1.165) is 0 Å². The van der Waals surface area contributed by atoms with E-state index in [1.165, 1.54) is 25.3 Å². The van der Waals surface area contributed by atoms with Gasteiger partial charge in [-0.05, 0) is 74.5 Å². The van der Waals surface area contributed by atoms with Gasteiger partial charge >= 0.3 is 5.97 Å². The molecule has 30 heavy (non-hydrogen) atoms. The standard InChI is InChI=1S/C23H21NO6/c1-3-28-19-12-8-16(9-13-19)21(25)15(2)30-23(27)17-6-10-18(11-7-17)24-22(26)20-5-4-14-29-20/h4-15H,3H2,1-2H3,(H,24,26)/t15-/m0/s1. The van der Waals surface area contributed by atoms with E-state index in [9.17, 15) is 14.4 Å². The molecule has 154 valence electrons. The van der Waals surface area contributed by atoms with E-state index in [1.807, 2.05) is 6.92 Å². The molecule has 3 aromatic rings. The third-order valence-electron chi connectivity index (χ3n) is 4.23. The van der Waals surface area contributed by atoms with Crippen LogP contribution in [0.15, 0.2) is 71.3 Å². The lowest BCUT2D eigenvalue weighted by atomic mass is 10.1. The Morgan fingerprint density at radius 2 is 1.63 bits per heavy atom. The van der Waals surface area contributed by atoms with Crippen LogP contribution >= 0.6 is 0 Å². The Labute approximate surface area is 173 Å². The van der Waals surface area contributed by atoms with E-state index in [0.29, 0.717) is 23.6 Å². The van der Waals surface area contributed by atoms with Crippen molar-refractivity contribution in [3.8, 4) is 5.75 Å². The third kappa shape index (κ3) is 5.14. The van der Waals surface area contributed by atoms with Crippen molar-refractivity contribution < 1.29 is 28.3 Å². The predicted octanol–water partition coefficient (Wildman–Crippen LogP) is 4.36. The maximum absolute atomic E-state index is 12.5. The highest BCUT2D eigenvalue weighted by Crippen LogP contribution is 2.16. The quantitative estimate of drug-likeness (QED) is 0.440. The molecule has 3 rings (SSSR count). The molecule has 1 heterocycles. The molecule has 0 aliphatic rings. The van der Waals surface area contributed by atoms with Gasteiger partial charge in [0, 0.05) is 11.3 Å². The Kier molecular flexibility index (Phi) is 6.64. The molecule has 0 unspecified atom stereocenters. The van der Waals surface area contributed by atoms with Crippen molar-refractivity contribution in [3.05, 3.63) is 83.8 Å². The maximum Gasteiger partial charge on any atom is 0.338 e. The molecule has 0 saturated carbocycles. The number of anilines is 1. The molecule has 1 N–H and O–H groups in total. The van der Waals surface area contributed by atoms with Gasteiger partial charge in [-0.2, -0.15) is 0 Å². The van der Waals surface area contributed by atoms with E-state index >= 15 is 0 Å². The number of rotatable bonds is 8. The smallest absolute Gasteiger partial charge is 0.338 e. The first-order chi connectivity index (χ1) is 14.5. The number of hydrogen-bond donors (Lipinski definition) is 1. The van der Waals surface area contributed by atoms with Gasteiger partial charge in [-0.25, -0.2) is 4.79 Å². The molecule has 7 heteroatoms. The van der Waals surface area contributed by atoms with Crippen molar-refractivity contribution in [2.24, 2.45) is 0 Å². The van der Waals surface area contributed by atoms with Gasteiger partial charge in [0.2, 0.25) is 5.78 Å². The number of hydrogen-bond acceptors (Lipinski definition) is 6. The number of ketones is 1. The average Bonchev–Trinajstić information content (AvgIpc) is 3.29. The highest BCUT2D eigenvalue weighted by atomic mass is 16.5. The molecular formula is C23H21NO6. The molecule has 0 radical (unpaired) electrons. The first-order valence-corrected chi connectivity index (χ1v) is 9.41. The first kappa shape index (κ1) is 20.9. The Morgan fingerprint density at radius 3 is 2.23 bits per heavy atom. The zero-order chi connectivity index (χ0) is 21.5. The summed E-state index contributed by atoms with van der Waals surface area (Å²) in [6, 6.07) is 16.0. The summed E-state index contributed by atoms with van der Waals surface area (Å²) in [5, 5.41) is 2.66. The minimum Gasteiger partial charge on any atom is -0.494 e. The summed E-state index contributed by atoms with van der Waals surface area (Å²) in [6.07, 6.45) is 0.456. The number of carbonyl (C=O) groups excluding carboxylic acids is 3. The molecule has 0 bridgehead atoms. The van der Waals surface area contributed by atoms with Crippen molar-refractivity contribution in [1.82, 2.24) is 0 Å². The SMILES string of the molecule is CCOc1ccc(C(=O)[C@H](C)OC(=O)c2ccc(NC(=O)c3ccco3)cc2)cc1. The lowest BCUT2D eigenvalue weighted by molar-refractivity contribution is 0.0319. The van der Waals surface area contributed by atoms with Crippen molar-refractivity contribution >= 4 is 23.3 Å². The summed E-state index contributed by atoms with van der Waals surface area (Å²) in [6.45, 7) is 3.93. The second-order valence-corrected chi connectivity index (χ2v) is 6.38. The van der Waals surface area contributed by atoms with Crippen LogP contribution in [0.2, 0.25) is 0 Å². The van der Waals surface area contributed by atoms with Crippen molar-refractivity contribution in [1.29, 1.82) is 0 Å². The summed E-state index contributed by atoms with van der Waals surface area (Å²) in [7, 11) is 0. The largest absolute Gasteiger partial charge is 0.494 e. The van der Waals surface area contributed by atoms with Gasteiger partial charge in [0.1, 0.15) is 5.75 Å². The van der Waals surface area contributed by atoms with Crippen LogP contribution in [-0.2, 0) is 4.74 Å². The van der Waals surface area contributed by atoms with Gasteiger partial charge in [0.15, 0.2) is 11.9 Å². The number of amides is 1. The third-order valence-corrected chi connectivity index (χ3v) is 4.23. The topological polar surface area (TPSA) is 94.8 Å². The number of esters is 1. The summed E-state index contributed by atoms with van der Waals surface area (Å²) in [5.41, 5.74) is 1.18. The molecule has 1 atom stereocenters. The molecule has 0 aliphatic carbocycles. The van der Waals surface area contributed by atoms with Gasteiger partial charge in [-0.15, -0.1) is 0 Å². The van der Waals surface area contributed by atoms with Gasteiger partial charge in [0.05, 0.1) is 18.4 Å². The molecule has 0 aliphatic heterocycles. The molecule has 7 nitrogen and oxygen atoms in total. The molecule has 0 spiro atoms. The van der Waals surface area contributed by atoms with E-state index in [4.69, 9.17) is 13.9 Å². The van der Waals surface area contributed by atoms with Crippen molar-refractivity contribution in [2.45, 2.75) is 20.0 Å². The molecule has 1 aromatic heterocycles. The Morgan fingerprint density at radius 1 is 0.967 bits per heavy atom. The first-order valence-electron chi connectivity index (χ1n) is 9.41.